The van der Waals surface area contributed by atoms with Crippen molar-refractivity contribution in [2.24, 2.45) is 14.2 Å². The van der Waals surface area contributed by atoms with Crippen LogP contribution in [-0.4, -0.2) is 52.7 Å². The first-order valence-corrected chi connectivity index (χ1v) is 5.79. The van der Waals surface area contributed by atoms with Crippen LogP contribution in [0.25, 0.3) is 0 Å². The molecule has 0 aliphatic carbocycles. The summed E-state index contributed by atoms with van der Waals surface area (Å²) in [5.74, 6) is 0. The lowest BCUT2D eigenvalue weighted by molar-refractivity contribution is 0.0174. The summed E-state index contributed by atoms with van der Waals surface area (Å²) in [5.41, 5.74) is 5.25. The molecule has 15 heavy (non-hydrogen) atoms. The average molecular weight is 331 g/mol. The number of ether oxygens (including phenoxy) is 3. The highest BCUT2D eigenvalue weighted by Gasteiger charge is 1.90. The quantitative estimate of drug-likeness (QED) is 0.345. The molecule has 2 N–H and O–H groups in total. The Morgan fingerprint density at radius 2 is 1.40 bits per heavy atom. The van der Waals surface area contributed by atoms with E-state index < -0.39 is 0 Å². The average Bonchev–Trinajstić information content (AvgIpc) is 2.26. The highest BCUT2D eigenvalue weighted by Crippen LogP contribution is 1.86. The van der Waals surface area contributed by atoms with Crippen molar-refractivity contribution < 1.29 is 14.2 Å². The minimum absolute atomic E-state index is 0.550. The second-order valence-electron chi connectivity index (χ2n) is 2.57. The first-order valence-electron chi connectivity index (χ1n) is 4.83. The van der Waals surface area contributed by atoms with Crippen LogP contribution in [0, 0.1) is 0 Å². The predicted octanol–water partition coefficient (Wildman–Crippen LogP) is 0.797. The molecule has 0 amide bonds. The summed E-state index contributed by atoms with van der Waals surface area (Å²) in [5, 5.41) is 3.75. The van der Waals surface area contributed by atoms with Gasteiger partial charge in [0.2, 0.25) is 0 Å². The van der Waals surface area contributed by atoms with Gasteiger partial charge in [0.05, 0.1) is 46.2 Å². The van der Waals surface area contributed by atoms with E-state index in [4.69, 9.17) is 19.9 Å². The summed E-state index contributed by atoms with van der Waals surface area (Å²) in [4.78, 5) is 0. The van der Waals surface area contributed by atoms with Crippen molar-refractivity contribution in [3.8, 4) is 0 Å². The molecule has 0 saturated heterocycles. The third-order valence-electron chi connectivity index (χ3n) is 1.40. The molecule has 0 aromatic rings. The Bertz CT molecular complexity index is 149. The van der Waals surface area contributed by atoms with E-state index in [1.54, 1.807) is 0 Å². The summed E-state index contributed by atoms with van der Waals surface area (Å²) in [7, 11) is 0. The van der Waals surface area contributed by atoms with E-state index in [0.717, 1.165) is 0 Å². The van der Waals surface area contributed by atoms with E-state index in [2.05, 4.69) is 8.44 Å². The number of rotatable bonds is 11. The topological polar surface area (TPSA) is 78.4 Å². The van der Waals surface area contributed by atoms with Gasteiger partial charge in [0, 0.05) is 6.54 Å². The fourth-order valence-corrected chi connectivity index (χ4v) is 0.984. The molecule has 0 rings (SSSR count). The molecular weight excluding hydrogens is 313 g/mol. The third kappa shape index (κ3) is 14.2. The maximum Gasteiger partial charge on any atom is 0.111 e. The fourth-order valence-electron chi connectivity index (χ4n) is 0.768. The van der Waals surface area contributed by atoms with Crippen LogP contribution < -0.4 is 5.73 Å². The largest absolute Gasteiger partial charge is 0.378 e. The van der Waals surface area contributed by atoms with E-state index in [9.17, 15) is 0 Å². The number of nitrogens with zero attached hydrogens (tertiary/aromatic N) is 2. The van der Waals surface area contributed by atoms with Crippen LogP contribution in [-0.2, 0) is 14.2 Å². The molecule has 0 bridgehead atoms. The second kappa shape index (κ2) is 14.2. The second-order valence-corrected chi connectivity index (χ2v) is 3.00. The Hall–Kier alpha value is 0.170. The Balaban J connectivity index is 2.86. The van der Waals surface area contributed by atoms with E-state index >= 15 is 0 Å². The third-order valence-corrected chi connectivity index (χ3v) is 1.70. The van der Waals surface area contributed by atoms with Crippen molar-refractivity contribution in [1.82, 2.24) is 0 Å². The van der Waals surface area contributed by atoms with Gasteiger partial charge in [0.15, 0.2) is 0 Å². The van der Waals surface area contributed by atoms with Crippen molar-refractivity contribution in [2.45, 2.75) is 0 Å². The normalized spacial score (nSPS) is 11.3. The van der Waals surface area contributed by atoms with Gasteiger partial charge in [-0.1, -0.05) is 0 Å². The number of hydrogen-bond donors (Lipinski definition) is 1. The van der Waals surface area contributed by atoms with Crippen LogP contribution in [0.3, 0.4) is 0 Å². The molecule has 0 unspecified atom stereocenters. The molecule has 0 aromatic carbocycles. The summed E-state index contributed by atoms with van der Waals surface area (Å²) < 4.78 is 19.2. The van der Waals surface area contributed by atoms with Crippen LogP contribution in [0.1, 0.15) is 0 Å². The molecule has 7 heteroatoms. The van der Waals surface area contributed by atoms with Gasteiger partial charge >= 0.3 is 0 Å². The zero-order valence-electron chi connectivity index (χ0n) is 8.73. The van der Waals surface area contributed by atoms with Gasteiger partial charge in [0.1, 0.15) is 22.9 Å². The number of hydrogen-bond acceptors (Lipinski definition) is 6. The lowest BCUT2D eigenvalue weighted by Gasteiger charge is -2.05. The summed E-state index contributed by atoms with van der Waals surface area (Å²) in [6, 6.07) is 0. The van der Waals surface area contributed by atoms with Gasteiger partial charge in [-0.15, -0.1) is 3.33 Å². The first-order chi connectivity index (χ1) is 7.41. The fraction of sp³-hybridized carbons (Fsp3) is 1.00. The standard InChI is InChI=1S/C8H18IN3O3/c9-12-11-2-4-14-6-8-15-7-5-13-3-1-10/h1-8,10H2. The summed E-state index contributed by atoms with van der Waals surface area (Å²) >= 11 is 1.83. The number of halogens is 1. The smallest absolute Gasteiger partial charge is 0.111 e. The number of nitrogens with two attached hydrogens (primary N) is 1. The van der Waals surface area contributed by atoms with Crippen molar-refractivity contribution >= 4 is 22.9 Å². The molecule has 0 radical (unpaired) electrons. The van der Waals surface area contributed by atoms with Gasteiger partial charge < -0.3 is 19.9 Å². The van der Waals surface area contributed by atoms with E-state index in [1.165, 1.54) is 0 Å². The van der Waals surface area contributed by atoms with Gasteiger partial charge in [-0.05, 0) is 0 Å². The zero-order valence-corrected chi connectivity index (χ0v) is 10.9. The maximum atomic E-state index is 5.25. The molecule has 0 heterocycles. The molecule has 0 aliphatic rings. The van der Waals surface area contributed by atoms with Crippen LogP contribution >= 0.6 is 22.9 Å². The van der Waals surface area contributed by atoms with Crippen molar-refractivity contribution in [2.75, 3.05) is 52.7 Å². The Kier molecular flexibility index (Phi) is 14.3. The monoisotopic (exact) mass is 331 g/mol. The maximum absolute atomic E-state index is 5.25. The highest BCUT2D eigenvalue weighted by atomic mass is 127. The summed E-state index contributed by atoms with van der Waals surface area (Å²) in [6.45, 7) is 4.63. The van der Waals surface area contributed by atoms with Crippen molar-refractivity contribution in [3.05, 3.63) is 0 Å². The predicted molar refractivity (Wildman–Crippen MR) is 65.3 cm³/mol. The lowest BCUT2D eigenvalue weighted by Crippen LogP contribution is -2.13. The molecule has 0 atom stereocenters. The lowest BCUT2D eigenvalue weighted by atomic mass is 10.7. The van der Waals surface area contributed by atoms with Crippen LogP contribution in [0.2, 0.25) is 0 Å². The van der Waals surface area contributed by atoms with Gasteiger partial charge in [-0.3, -0.25) is 0 Å². The Labute approximate surface area is 104 Å². The van der Waals surface area contributed by atoms with Crippen molar-refractivity contribution in [3.63, 3.8) is 0 Å². The minimum atomic E-state index is 0.550. The van der Waals surface area contributed by atoms with E-state index in [1.807, 2.05) is 22.9 Å². The molecule has 0 fully saturated rings. The van der Waals surface area contributed by atoms with Crippen LogP contribution in [0.5, 0.6) is 0 Å². The van der Waals surface area contributed by atoms with Gasteiger partial charge in [0.25, 0.3) is 0 Å². The van der Waals surface area contributed by atoms with Gasteiger partial charge in [-0.25, -0.2) is 0 Å². The molecule has 0 aromatic heterocycles. The van der Waals surface area contributed by atoms with Crippen molar-refractivity contribution in [1.29, 1.82) is 0 Å². The summed E-state index contributed by atoms with van der Waals surface area (Å²) in [6.07, 6.45) is 0. The SMILES string of the molecule is NCCOCCOCCOCCN=NI. The molecule has 0 saturated carbocycles. The minimum Gasteiger partial charge on any atom is -0.378 e. The molecule has 6 nitrogen and oxygen atoms in total. The Morgan fingerprint density at radius 3 is 1.93 bits per heavy atom. The molecular formula is C8H18IN3O3. The molecule has 0 aliphatic heterocycles. The van der Waals surface area contributed by atoms with Gasteiger partial charge in [-0.2, -0.15) is 5.11 Å². The molecule has 0 spiro atoms. The zero-order chi connectivity index (χ0) is 11.2. The van der Waals surface area contributed by atoms with E-state index in [0.29, 0.717) is 52.7 Å². The van der Waals surface area contributed by atoms with Crippen LogP contribution in [0.15, 0.2) is 8.44 Å². The highest BCUT2D eigenvalue weighted by molar-refractivity contribution is 14.1. The van der Waals surface area contributed by atoms with Crippen LogP contribution in [0.4, 0.5) is 0 Å². The van der Waals surface area contributed by atoms with E-state index in [-0.39, 0.29) is 0 Å². The Morgan fingerprint density at radius 1 is 0.867 bits per heavy atom. The first kappa shape index (κ1) is 15.2. The molecule has 90 valence electrons.